The van der Waals surface area contributed by atoms with Crippen LogP contribution in [0.25, 0.3) is 0 Å². The van der Waals surface area contributed by atoms with Crippen molar-refractivity contribution in [3.63, 3.8) is 0 Å². The smallest absolute Gasteiger partial charge is 0.180 e. The van der Waals surface area contributed by atoms with Gasteiger partial charge in [-0.2, -0.15) is 0 Å². The number of carbonyl (C=O) groups excluding carboxylic acids is 2. The molecule has 0 N–H and O–H groups in total. The molecule has 1 aliphatic carbocycles. The molecule has 1 aromatic heterocycles. The second kappa shape index (κ2) is 9.03. The average molecular weight is 435 g/mol. The molecule has 4 rings (SSSR count). The highest BCUT2D eigenvalue weighted by Gasteiger charge is 2.29. The van der Waals surface area contributed by atoms with Gasteiger partial charge in [0.25, 0.3) is 0 Å². The second-order valence-electron chi connectivity index (χ2n) is 8.07. The van der Waals surface area contributed by atoms with Gasteiger partial charge in [0, 0.05) is 28.1 Å². The van der Waals surface area contributed by atoms with Crippen LogP contribution < -0.4 is 9.30 Å². The number of aromatic nitrogens is 1. The number of hydrogen-bond donors (Lipinski definition) is 0. The van der Waals surface area contributed by atoms with Crippen LogP contribution in [0, 0.1) is 5.92 Å². The lowest BCUT2D eigenvalue weighted by Gasteiger charge is -2.24. The Kier molecular flexibility index (Phi) is 6.19. The highest BCUT2D eigenvalue weighted by Crippen LogP contribution is 2.31. The Hall–Kier alpha value is -2.98. The molecule has 0 aliphatic heterocycles. The number of carbonyl (C=O) groups is 2. The van der Waals surface area contributed by atoms with Crippen molar-refractivity contribution < 1.29 is 18.9 Å². The minimum Gasteiger partial charge on any atom is -0.497 e. The largest absolute Gasteiger partial charge is 0.497 e. The summed E-state index contributed by atoms with van der Waals surface area (Å²) in [6.07, 6.45) is 6.02. The van der Waals surface area contributed by atoms with Crippen LogP contribution in [-0.4, -0.2) is 18.7 Å². The molecule has 0 fully saturated rings. The van der Waals surface area contributed by atoms with Crippen LogP contribution >= 0.6 is 11.6 Å². The van der Waals surface area contributed by atoms with E-state index in [-0.39, 0.29) is 17.5 Å². The van der Waals surface area contributed by atoms with Gasteiger partial charge < -0.3 is 4.74 Å². The summed E-state index contributed by atoms with van der Waals surface area (Å²) < 4.78 is 7.26. The van der Waals surface area contributed by atoms with Gasteiger partial charge in [-0.3, -0.25) is 9.59 Å². The molecule has 0 bridgehead atoms. The Morgan fingerprint density at radius 1 is 1.19 bits per heavy atom. The number of aryl methyl sites for hydroxylation is 1. The van der Waals surface area contributed by atoms with E-state index in [0.29, 0.717) is 23.6 Å². The first-order valence-electron chi connectivity index (χ1n) is 10.4. The molecule has 0 saturated heterocycles. The molecule has 2 aromatic carbocycles. The molecule has 31 heavy (non-hydrogen) atoms. The SMILES string of the molecule is COc1ccc2c(c1)CCC(Cc1cc[n+](Cc3cccc(Cl)c3)cc1C(C)=O)C2=O. The molecule has 1 atom stereocenters. The lowest BCUT2D eigenvalue weighted by atomic mass is 9.79. The Morgan fingerprint density at radius 3 is 2.77 bits per heavy atom. The number of fused-ring (bicyclic) bond motifs is 1. The van der Waals surface area contributed by atoms with E-state index < -0.39 is 0 Å². The van der Waals surface area contributed by atoms with E-state index in [4.69, 9.17) is 16.3 Å². The summed E-state index contributed by atoms with van der Waals surface area (Å²) in [4.78, 5) is 25.5. The van der Waals surface area contributed by atoms with Gasteiger partial charge in [0.2, 0.25) is 0 Å². The van der Waals surface area contributed by atoms with Gasteiger partial charge in [0.15, 0.2) is 30.5 Å². The monoisotopic (exact) mass is 434 g/mol. The van der Waals surface area contributed by atoms with Gasteiger partial charge in [-0.05, 0) is 67.6 Å². The minimum atomic E-state index is -0.122. The zero-order valence-corrected chi connectivity index (χ0v) is 18.5. The first kappa shape index (κ1) is 21.3. The van der Waals surface area contributed by atoms with Crippen LogP contribution in [0.5, 0.6) is 5.75 Å². The van der Waals surface area contributed by atoms with E-state index in [1.54, 1.807) is 14.0 Å². The number of nitrogens with zero attached hydrogens (tertiary/aromatic N) is 1. The molecule has 158 valence electrons. The van der Waals surface area contributed by atoms with Crippen molar-refractivity contribution in [2.75, 3.05) is 7.11 Å². The molecular weight excluding hydrogens is 410 g/mol. The molecule has 0 amide bonds. The van der Waals surface area contributed by atoms with Crippen molar-refractivity contribution in [3.05, 3.63) is 93.8 Å². The number of ether oxygens (including phenoxy) is 1. The number of rotatable bonds is 6. The number of methoxy groups -OCH3 is 1. The Labute approximate surface area is 187 Å². The fourth-order valence-corrected chi connectivity index (χ4v) is 4.50. The summed E-state index contributed by atoms with van der Waals surface area (Å²) in [5.74, 6) is 0.803. The van der Waals surface area contributed by atoms with E-state index in [1.165, 1.54) is 0 Å². The molecular formula is C26H25ClNO3+. The molecule has 1 unspecified atom stereocenters. The lowest BCUT2D eigenvalue weighted by Crippen LogP contribution is -2.35. The predicted octanol–water partition coefficient (Wildman–Crippen LogP) is 4.87. The molecule has 4 nitrogen and oxygen atoms in total. The van der Waals surface area contributed by atoms with Crippen LogP contribution in [0.15, 0.2) is 60.9 Å². The summed E-state index contributed by atoms with van der Waals surface area (Å²) in [6, 6.07) is 15.3. The molecule has 5 heteroatoms. The lowest BCUT2D eigenvalue weighted by molar-refractivity contribution is -0.688. The standard InChI is InChI=1S/C26H25ClNO3/c1-17(29)25-16-28(15-18-4-3-5-22(27)12-18)11-10-20(25)13-21-7-6-19-14-23(31-2)8-9-24(19)26(21)30/h3-5,8-12,14,16,21H,6-7,13,15H2,1-2H3/q+1. The summed E-state index contributed by atoms with van der Waals surface area (Å²) in [5.41, 5.74) is 4.46. The number of halogens is 1. The van der Waals surface area contributed by atoms with Gasteiger partial charge in [0.1, 0.15) is 5.75 Å². The fraction of sp³-hybridized carbons (Fsp3) is 0.269. The van der Waals surface area contributed by atoms with E-state index in [0.717, 1.165) is 40.8 Å². The minimum absolute atomic E-state index is 0.00355. The summed E-state index contributed by atoms with van der Waals surface area (Å²) >= 11 is 6.09. The topological polar surface area (TPSA) is 47.2 Å². The van der Waals surface area contributed by atoms with Crippen molar-refractivity contribution in [1.29, 1.82) is 0 Å². The third-order valence-corrected chi connectivity index (χ3v) is 6.15. The average Bonchev–Trinajstić information content (AvgIpc) is 2.76. The number of Topliss-reactive ketones (excluding diaryl/α,β-unsaturated/α-hetero) is 2. The van der Waals surface area contributed by atoms with Crippen molar-refractivity contribution in [1.82, 2.24) is 0 Å². The fourth-order valence-electron chi connectivity index (χ4n) is 4.29. The maximum atomic E-state index is 13.1. The van der Waals surface area contributed by atoms with Gasteiger partial charge in [-0.1, -0.05) is 23.7 Å². The summed E-state index contributed by atoms with van der Waals surface area (Å²) in [7, 11) is 1.63. The van der Waals surface area contributed by atoms with E-state index >= 15 is 0 Å². The molecule has 1 heterocycles. The third-order valence-electron chi connectivity index (χ3n) is 5.92. The van der Waals surface area contributed by atoms with Gasteiger partial charge in [-0.15, -0.1) is 0 Å². The quantitative estimate of drug-likeness (QED) is 0.410. The van der Waals surface area contributed by atoms with Crippen LogP contribution in [0.4, 0.5) is 0 Å². The second-order valence-corrected chi connectivity index (χ2v) is 8.51. The molecule has 1 aliphatic rings. The van der Waals surface area contributed by atoms with Gasteiger partial charge in [0.05, 0.1) is 12.7 Å². The maximum absolute atomic E-state index is 13.1. The van der Waals surface area contributed by atoms with Crippen LogP contribution in [-0.2, 0) is 19.4 Å². The first-order chi connectivity index (χ1) is 14.9. The first-order valence-corrected chi connectivity index (χ1v) is 10.8. The summed E-state index contributed by atoms with van der Waals surface area (Å²) in [5, 5.41) is 0.690. The zero-order valence-electron chi connectivity index (χ0n) is 17.7. The molecule has 0 radical (unpaired) electrons. The number of hydrogen-bond acceptors (Lipinski definition) is 3. The number of benzene rings is 2. The zero-order chi connectivity index (χ0) is 22.0. The van der Waals surface area contributed by atoms with E-state index in [1.807, 2.05) is 65.5 Å². The third kappa shape index (κ3) is 4.70. The Balaban J connectivity index is 1.56. The molecule has 0 spiro atoms. The normalized spacial score (nSPS) is 15.5. The van der Waals surface area contributed by atoms with Crippen LogP contribution in [0.1, 0.15) is 50.8 Å². The van der Waals surface area contributed by atoms with Gasteiger partial charge >= 0.3 is 0 Å². The van der Waals surface area contributed by atoms with E-state index in [9.17, 15) is 9.59 Å². The molecule has 3 aromatic rings. The number of pyridine rings is 1. The van der Waals surface area contributed by atoms with Crippen LogP contribution in [0.2, 0.25) is 5.02 Å². The Morgan fingerprint density at radius 2 is 2.03 bits per heavy atom. The number of ketones is 2. The van der Waals surface area contributed by atoms with Crippen LogP contribution in [0.3, 0.4) is 0 Å². The van der Waals surface area contributed by atoms with Crippen molar-refractivity contribution >= 4 is 23.2 Å². The predicted molar refractivity (Wildman–Crippen MR) is 120 cm³/mol. The van der Waals surface area contributed by atoms with Crippen molar-refractivity contribution in [2.24, 2.45) is 5.92 Å². The van der Waals surface area contributed by atoms with Crippen molar-refractivity contribution in [3.8, 4) is 5.75 Å². The highest BCUT2D eigenvalue weighted by atomic mass is 35.5. The highest BCUT2D eigenvalue weighted by molar-refractivity contribution is 6.30. The van der Waals surface area contributed by atoms with E-state index in [2.05, 4.69) is 0 Å². The summed E-state index contributed by atoms with van der Waals surface area (Å²) in [6.45, 7) is 2.20. The molecule has 0 saturated carbocycles. The maximum Gasteiger partial charge on any atom is 0.180 e. The van der Waals surface area contributed by atoms with Crippen molar-refractivity contribution in [2.45, 2.75) is 32.7 Å². The van der Waals surface area contributed by atoms with Gasteiger partial charge in [-0.25, -0.2) is 4.57 Å². The Bertz CT molecular complexity index is 1160.